The minimum Gasteiger partial charge on any atom is -0.494 e. The van der Waals surface area contributed by atoms with Gasteiger partial charge in [-0.05, 0) is 75.2 Å². The van der Waals surface area contributed by atoms with Gasteiger partial charge in [0.2, 0.25) is 0 Å². The normalized spacial score (nSPS) is 14.9. The Hall–Kier alpha value is -4.70. The van der Waals surface area contributed by atoms with Crippen LogP contribution in [0.4, 0.5) is 0 Å². The molecule has 41 heavy (non-hydrogen) atoms. The molecular formula is C31H28N2O7S. The number of aromatic nitrogens is 1. The average Bonchev–Trinajstić information content (AvgIpc) is 3.52. The van der Waals surface area contributed by atoms with Crippen molar-refractivity contribution in [2.75, 3.05) is 13.2 Å². The lowest BCUT2D eigenvalue weighted by atomic mass is 9.96. The first-order valence-corrected chi connectivity index (χ1v) is 13.9. The Morgan fingerprint density at radius 1 is 1.07 bits per heavy atom. The summed E-state index contributed by atoms with van der Waals surface area (Å²) in [5.74, 6) is 0.155. The summed E-state index contributed by atoms with van der Waals surface area (Å²) in [5.41, 5.74) is 2.88. The molecule has 1 aliphatic heterocycles. The van der Waals surface area contributed by atoms with E-state index < -0.39 is 18.0 Å². The maximum atomic E-state index is 13.8. The van der Waals surface area contributed by atoms with Crippen molar-refractivity contribution in [1.29, 1.82) is 0 Å². The fourth-order valence-electron chi connectivity index (χ4n) is 4.80. The van der Waals surface area contributed by atoms with Crippen LogP contribution in [0.2, 0.25) is 0 Å². The fraction of sp³-hybridized carbons (Fsp3) is 0.226. The number of aromatic carboxylic acids is 1. The minimum atomic E-state index is -1.000. The largest absolute Gasteiger partial charge is 0.494 e. The topological polar surface area (TPSA) is 120 Å². The second kappa shape index (κ2) is 11.4. The van der Waals surface area contributed by atoms with Crippen molar-refractivity contribution in [1.82, 2.24) is 4.57 Å². The van der Waals surface area contributed by atoms with E-state index in [9.17, 15) is 19.5 Å². The molecule has 10 heteroatoms. The van der Waals surface area contributed by atoms with Gasteiger partial charge >= 0.3 is 11.9 Å². The van der Waals surface area contributed by atoms with Gasteiger partial charge in [0.15, 0.2) is 4.80 Å². The summed E-state index contributed by atoms with van der Waals surface area (Å²) in [6.45, 7) is 7.89. The summed E-state index contributed by atoms with van der Waals surface area (Å²) in [4.78, 5) is 43.2. The first kappa shape index (κ1) is 27.9. The molecule has 9 nitrogen and oxygen atoms in total. The van der Waals surface area contributed by atoms with Crippen LogP contribution >= 0.6 is 11.3 Å². The van der Waals surface area contributed by atoms with Gasteiger partial charge in [-0.15, -0.1) is 0 Å². The molecule has 0 radical (unpaired) electrons. The van der Waals surface area contributed by atoms with Gasteiger partial charge in [0.05, 0.1) is 40.6 Å². The Kier molecular flexibility index (Phi) is 7.76. The Morgan fingerprint density at radius 2 is 1.83 bits per heavy atom. The number of carbonyl (C=O) groups is 2. The second-order valence-corrected chi connectivity index (χ2v) is 10.4. The number of carboxylic acid groups (broad SMARTS) is 1. The third-order valence-electron chi connectivity index (χ3n) is 6.66. The highest BCUT2D eigenvalue weighted by molar-refractivity contribution is 7.07. The van der Waals surface area contributed by atoms with Crippen molar-refractivity contribution >= 4 is 29.4 Å². The number of rotatable bonds is 8. The molecule has 0 saturated carbocycles. The quantitative estimate of drug-likeness (QED) is 0.310. The number of hydrogen-bond donors (Lipinski definition) is 1. The zero-order valence-corrected chi connectivity index (χ0v) is 23.8. The van der Waals surface area contributed by atoms with Gasteiger partial charge in [0.1, 0.15) is 17.3 Å². The summed E-state index contributed by atoms with van der Waals surface area (Å²) in [6, 6.07) is 14.9. The van der Waals surface area contributed by atoms with E-state index in [1.54, 1.807) is 44.2 Å². The van der Waals surface area contributed by atoms with Gasteiger partial charge in [-0.3, -0.25) is 9.36 Å². The maximum Gasteiger partial charge on any atom is 0.338 e. The summed E-state index contributed by atoms with van der Waals surface area (Å²) < 4.78 is 18.9. The molecule has 4 aromatic rings. The summed E-state index contributed by atoms with van der Waals surface area (Å²) in [6.07, 6.45) is 1.65. The molecule has 0 unspecified atom stereocenters. The van der Waals surface area contributed by atoms with E-state index in [4.69, 9.17) is 13.9 Å². The molecule has 210 valence electrons. The Balaban J connectivity index is 1.59. The Morgan fingerprint density at radius 3 is 2.49 bits per heavy atom. The molecule has 0 amide bonds. The second-order valence-electron chi connectivity index (χ2n) is 9.34. The lowest BCUT2D eigenvalue weighted by Gasteiger charge is -2.24. The monoisotopic (exact) mass is 572 g/mol. The third kappa shape index (κ3) is 5.38. The molecule has 5 rings (SSSR count). The van der Waals surface area contributed by atoms with Crippen molar-refractivity contribution in [2.24, 2.45) is 4.99 Å². The van der Waals surface area contributed by atoms with Gasteiger partial charge < -0.3 is 19.0 Å². The van der Waals surface area contributed by atoms with Crippen molar-refractivity contribution in [3.8, 4) is 17.1 Å². The van der Waals surface area contributed by atoms with Crippen molar-refractivity contribution in [2.45, 2.75) is 33.7 Å². The number of esters is 1. The molecule has 0 bridgehead atoms. The molecular weight excluding hydrogens is 544 g/mol. The van der Waals surface area contributed by atoms with Gasteiger partial charge in [-0.2, -0.15) is 0 Å². The standard InChI is InChI=1S/C31H28N2O7S/c1-5-38-21-10-7-19(8-11-21)27-26(30(37)39-6-2)18(4)32-31-33(27)28(34)25(41-31)16-22-12-14-24(40-22)23-13-9-20(29(35)36)15-17(23)3/h7-16,27H,5-6H2,1-4H3,(H,35,36)/b25-16+/t27-/m1/s1. The van der Waals surface area contributed by atoms with Gasteiger partial charge in [0.25, 0.3) is 5.56 Å². The Bertz CT molecular complexity index is 1860. The summed E-state index contributed by atoms with van der Waals surface area (Å²) in [5, 5.41) is 9.25. The van der Waals surface area contributed by atoms with Crippen LogP contribution in [0.15, 0.2) is 80.1 Å². The lowest BCUT2D eigenvalue weighted by molar-refractivity contribution is -0.139. The van der Waals surface area contributed by atoms with Crippen LogP contribution in [-0.2, 0) is 9.53 Å². The number of aryl methyl sites for hydroxylation is 1. The van der Waals surface area contributed by atoms with Crippen molar-refractivity contribution < 1.29 is 28.6 Å². The minimum absolute atomic E-state index is 0.190. The van der Waals surface area contributed by atoms with Crippen LogP contribution in [-0.4, -0.2) is 34.8 Å². The zero-order chi connectivity index (χ0) is 29.3. The molecule has 1 N–H and O–H groups in total. The molecule has 3 heterocycles. The molecule has 2 aromatic carbocycles. The number of furan rings is 1. The highest BCUT2D eigenvalue weighted by atomic mass is 32.1. The summed E-state index contributed by atoms with van der Waals surface area (Å²) in [7, 11) is 0. The number of benzene rings is 2. The summed E-state index contributed by atoms with van der Waals surface area (Å²) >= 11 is 1.20. The first-order valence-electron chi connectivity index (χ1n) is 13.1. The first-order chi connectivity index (χ1) is 19.7. The predicted octanol–water partition coefficient (Wildman–Crippen LogP) is 4.46. The van der Waals surface area contributed by atoms with Crippen LogP contribution in [0.5, 0.6) is 5.75 Å². The Labute approximate surface area is 239 Å². The molecule has 0 fully saturated rings. The third-order valence-corrected chi connectivity index (χ3v) is 7.65. The number of allylic oxidation sites excluding steroid dienone is 1. The van der Waals surface area contributed by atoms with Gasteiger partial charge in [-0.25, -0.2) is 14.6 Å². The molecule has 0 aliphatic carbocycles. The molecule has 1 aliphatic rings. The van der Waals surface area contributed by atoms with Gasteiger partial charge in [0, 0.05) is 11.6 Å². The number of nitrogens with zero attached hydrogens (tertiary/aromatic N) is 2. The lowest BCUT2D eigenvalue weighted by Crippen LogP contribution is -2.39. The highest BCUT2D eigenvalue weighted by Crippen LogP contribution is 2.32. The molecule has 0 spiro atoms. The number of hydrogen-bond acceptors (Lipinski definition) is 8. The molecule has 0 saturated heterocycles. The van der Waals surface area contributed by atoms with E-state index in [1.165, 1.54) is 22.0 Å². The predicted molar refractivity (Wildman–Crippen MR) is 154 cm³/mol. The van der Waals surface area contributed by atoms with E-state index in [0.29, 0.717) is 44.5 Å². The SMILES string of the molecule is CCOC(=O)C1=C(C)N=c2s/c(=C/c3ccc(-c4ccc(C(=O)O)cc4C)o3)c(=O)n2[C@@H]1c1ccc(OCC)cc1. The van der Waals surface area contributed by atoms with E-state index in [2.05, 4.69) is 4.99 Å². The number of carbonyl (C=O) groups excluding carboxylic acids is 1. The van der Waals surface area contributed by atoms with E-state index >= 15 is 0 Å². The fourth-order valence-corrected chi connectivity index (χ4v) is 5.82. The highest BCUT2D eigenvalue weighted by Gasteiger charge is 2.33. The van der Waals surface area contributed by atoms with Crippen LogP contribution in [0, 0.1) is 6.92 Å². The van der Waals surface area contributed by atoms with Gasteiger partial charge in [-0.1, -0.05) is 29.5 Å². The number of thiazole rings is 1. The molecule has 1 atom stereocenters. The van der Waals surface area contributed by atoms with E-state index in [0.717, 1.165) is 16.7 Å². The number of carboxylic acids is 1. The van der Waals surface area contributed by atoms with Crippen LogP contribution in [0.3, 0.4) is 0 Å². The van der Waals surface area contributed by atoms with Crippen molar-refractivity contribution in [3.05, 3.63) is 108 Å². The van der Waals surface area contributed by atoms with Crippen molar-refractivity contribution in [3.63, 3.8) is 0 Å². The van der Waals surface area contributed by atoms with Crippen LogP contribution in [0.25, 0.3) is 17.4 Å². The smallest absolute Gasteiger partial charge is 0.338 e. The number of fused-ring (bicyclic) bond motifs is 1. The maximum absolute atomic E-state index is 13.8. The van der Waals surface area contributed by atoms with E-state index in [-0.39, 0.29) is 17.7 Å². The zero-order valence-electron chi connectivity index (χ0n) is 23.0. The number of ether oxygens (including phenoxy) is 2. The van der Waals surface area contributed by atoms with E-state index in [1.807, 2.05) is 38.1 Å². The van der Waals surface area contributed by atoms with Crippen LogP contribution < -0.4 is 19.6 Å². The molecule has 2 aromatic heterocycles. The van der Waals surface area contributed by atoms with Crippen LogP contribution in [0.1, 0.15) is 54.1 Å². The average molecular weight is 573 g/mol.